The lowest BCUT2D eigenvalue weighted by Crippen LogP contribution is -2.43. The lowest BCUT2D eigenvalue weighted by Gasteiger charge is -2.37. The van der Waals surface area contributed by atoms with E-state index >= 15 is 0 Å². The van der Waals surface area contributed by atoms with Gasteiger partial charge in [-0.1, -0.05) is 20.8 Å². The van der Waals surface area contributed by atoms with E-state index in [9.17, 15) is 0 Å². The standard InChI is InChI=1S/C15H32N2/c1-5-10-17(11-14-8-9-14)13-15(6-2,7-3)12-16-4/h14,16H,5-13H2,1-4H3. The molecule has 0 bridgehead atoms. The van der Waals surface area contributed by atoms with Crippen LogP contribution < -0.4 is 5.32 Å². The van der Waals surface area contributed by atoms with E-state index in [1.54, 1.807) is 0 Å². The summed E-state index contributed by atoms with van der Waals surface area (Å²) in [5.41, 5.74) is 0.485. The summed E-state index contributed by atoms with van der Waals surface area (Å²) in [6.07, 6.45) is 6.80. The molecule has 0 aliphatic heterocycles. The van der Waals surface area contributed by atoms with Crippen molar-refractivity contribution < 1.29 is 0 Å². The highest BCUT2D eigenvalue weighted by molar-refractivity contribution is 4.85. The molecule has 0 heterocycles. The summed E-state index contributed by atoms with van der Waals surface area (Å²) in [5.74, 6) is 1.02. The van der Waals surface area contributed by atoms with Gasteiger partial charge in [-0.25, -0.2) is 0 Å². The van der Waals surface area contributed by atoms with E-state index in [4.69, 9.17) is 0 Å². The molecule has 0 radical (unpaired) electrons. The third-order valence-corrected chi connectivity index (χ3v) is 4.36. The maximum Gasteiger partial charge on any atom is 0.00500 e. The van der Waals surface area contributed by atoms with Gasteiger partial charge in [0.05, 0.1) is 0 Å². The van der Waals surface area contributed by atoms with E-state index < -0.39 is 0 Å². The fourth-order valence-corrected chi connectivity index (χ4v) is 2.85. The lowest BCUT2D eigenvalue weighted by molar-refractivity contribution is 0.132. The summed E-state index contributed by atoms with van der Waals surface area (Å²) in [6, 6.07) is 0. The second-order valence-electron chi connectivity index (χ2n) is 5.92. The van der Waals surface area contributed by atoms with Crippen LogP contribution in [0.5, 0.6) is 0 Å². The molecule has 0 aromatic heterocycles. The normalized spacial score (nSPS) is 16.8. The van der Waals surface area contributed by atoms with Crippen LogP contribution in [0.2, 0.25) is 0 Å². The molecule has 0 spiro atoms. The van der Waals surface area contributed by atoms with Crippen molar-refractivity contribution in [2.45, 2.75) is 52.9 Å². The Hall–Kier alpha value is -0.0800. The largest absolute Gasteiger partial charge is 0.319 e. The van der Waals surface area contributed by atoms with Crippen molar-refractivity contribution in [2.75, 3.05) is 33.2 Å². The number of nitrogens with zero attached hydrogens (tertiary/aromatic N) is 1. The molecule has 0 unspecified atom stereocenters. The van der Waals surface area contributed by atoms with Gasteiger partial charge in [0.1, 0.15) is 0 Å². The summed E-state index contributed by atoms with van der Waals surface area (Å²) in [7, 11) is 2.09. The van der Waals surface area contributed by atoms with E-state index in [-0.39, 0.29) is 0 Å². The summed E-state index contributed by atoms with van der Waals surface area (Å²) < 4.78 is 0. The van der Waals surface area contributed by atoms with Gasteiger partial charge in [-0.2, -0.15) is 0 Å². The van der Waals surface area contributed by atoms with Gasteiger partial charge in [0.2, 0.25) is 0 Å². The van der Waals surface area contributed by atoms with Crippen molar-refractivity contribution >= 4 is 0 Å². The number of hydrogen-bond donors (Lipinski definition) is 1. The summed E-state index contributed by atoms with van der Waals surface area (Å²) in [6.45, 7) is 12.1. The van der Waals surface area contributed by atoms with E-state index in [0.717, 1.165) is 12.5 Å². The van der Waals surface area contributed by atoms with Gasteiger partial charge in [-0.3, -0.25) is 0 Å². The molecule has 1 saturated carbocycles. The smallest absolute Gasteiger partial charge is 0.00500 e. The molecule has 0 aromatic rings. The third kappa shape index (κ3) is 4.97. The predicted octanol–water partition coefficient (Wildman–Crippen LogP) is 3.13. The van der Waals surface area contributed by atoms with Gasteiger partial charge < -0.3 is 10.2 Å². The molecule has 2 nitrogen and oxygen atoms in total. The van der Waals surface area contributed by atoms with Gasteiger partial charge in [0.25, 0.3) is 0 Å². The average molecular weight is 240 g/mol. The molecule has 0 aromatic carbocycles. The summed E-state index contributed by atoms with van der Waals surface area (Å²) in [5, 5.41) is 3.40. The Morgan fingerprint density at radius 1 is 1.18 bits per heavy atom. The average Bonchev–Trinajstić information content (AvgIpc) is 3.12. The third-order valence-electron chi connectivity index (χ3n) is 4.36. The van der Waals surface area contributed by atoms with E-state index in [1.165, 1.54) is 51.7 Å². The SMILES string of the molecule is CCCN(CC1CC1)CC(CC)(CC)CNC. The Labute approximate surface area is 108 Å². The van der Waals surface area contributed by atoms with Crippen molar-refractivity contribution in [3.8, 4) is 0 Å². The van der Waals surface area contributed by atoms with Crippen LogP contribution in [0.25, 0.3) is 0 Å². The first-order chi connectivity index (χ1) is 8.19. The maximum atomic E-state index is 3.40. The first-order valence-corrected chi connectivity index (χ1v) is 7.56. The molecule has 1 N–H and O–H groups in total. The monoisotopic (exact) mass is 240 g/mol. The fraction of sp³-hybridized carbons (Fsp3) is 1.00. The zero-order valence-electron chi connectivity index (χ0n) is 12.4. The quantitative estimate of drug-likeness (QED) is 0.631. The highest BCUT2D eigenvalue weighted by Crippen LogP contribution is 2.32. The van der Waals surface area contributed by atoms with Crippen molar-refractivity contribution in [3.05, 3.63) is 0 Å². The van der Waals surface area contributed by atoms with Crippen LogP contribution in [-0.2, 0) is 0 Å². The topological polar surface area (TPSA) is 15.3 Å². The second-order valence-corrected chi connectivity index (χ2v) is 5.92. The predicted molar refractivity (Wildman–Crippen MR) is 76.4 cm³/mol. The van der Waals surface area contributed by atoms with Crippen molar-refractivity contribution in [2.24, 2.45) is 11.3 Å². The molecule has 1 rings (SSSR count). The maximum absolute atomic E-state index is 3.40. The van der Waals surface area contributed by atoms with Crippen molar-refractivity contribution in [3.63, 3.8) is 0 Å². The Bertz CT molecular complexity index is 195. The molecule has 1 fully saturated rings. The van der Waals surface area contributed by atoms with Crippen molar-refractivity contribution in [1.29, 1.82) is 0 Å². The Kier molecular flexibility index (Phi) is 6.50. The van der Waals surface area contributed by atoms with Crippen LogP contribution in [0.3, 0.4) is 0 Å². The zero-order chi connectivity index (χ0) is 12.7. The van der Waals surface area contributed by atoms with Crippen LogP contribution in [0.15, 0.2) is 0 Å². The van der Waals surface area contributed by atoms with Crippen LogP contribution in [-0.4, -0.2) is 38.1 Å². The molecular weight excluding hydrogens is 208 g/mol. The molecule has 0 saturated heterocycles. The number of nitrogens with one attached hydrogen (secondary N) is 1. The minimum atomic E-state index is 0.485. The van der Waals surface area contributed by atoms with E-state index in [2.05, 4.69) is 38.0 Å². The molecule has 1 aliphatic carbocycles. The van der Waals surface area contributed by atoms with Gasteiger partial charge in [0.15, 0.2) is 0 Å². The molecule has 17 heavy (non-hydrogen) atoms. The van der Waals surface area contributed by atoms with Gasteiger partial charge in [0, 0.05) is 19.6 Å². The molecular formula is C15H32N2. The minimum Gasteiger partial charge on any atom is -0.319 e. The fourth-order valence-electron chi connectivity index (χ4n) is 2.85. The Balaban J connectivity index is 2.52. The Morgan fingerprint density at radius 2 is 1.82 bits per heavy atom. The summed E-state index contributed by atoms with van der Waals surface area (Å²) in [4.78, 5) is 2.72. The second kappa shape index (κ2) is 7.38. The first-order valence-electron chi connectivity index (χ1n) is 7.56. The Morgan fingerprint density at radius 3 is 2.24 bits per heavy atom. The first kappa shape index (κ1) is 15.0. The van der Waals surface area contributed by atoms with Crippen LogP contribution in [0, 0.1) is 11.3 Å². The molecule has 0 atom stereocenters. The van der Waals surface area contributed by atoms with E-state index in [0.29, 0.717) is 5.41 Å². The molecule has 1 aliphatic rings. The van der Waals surface area contributed by atoms with Gasteiger partial charge >= 0.3 is 0 Å². The number of rotatable bonds is 10. The zero-order valence-corrected chi connectivity index (χ0v) is 12.4. The highest BCUT2D eigenvalue weighted by Gasteiger charge is 2.31. The summed E-state index contributed by atoms with van der Waals surface area (Å²) >= 11 is 0. The lowest BCUT2D eigenvalue weighted by atomic mass is 9.81. The van der Waals surface area contributed by atoms with Crippen LogP contribution >= 0.6 is 0 Å². The molecule has 102 valence electrons. The van der Waals surface area contributed by atoms with Crippen LogP contribution in [0.1, 0.15) is 52.9 Å². The van der Waals surface area contributed by atoms with Gasteiger partial charge in [-0.15, -0.1) is 0 Å². The minimum absolute atomic E-state index is 0.485. The van der Waals surface area contributed by atoms with E-state index in [1.807, 2.05) is 0 Å². The number of hydrogen-bond acceptors (Lipinski definition) is 2. The molecule has 0 amide bonds. The highest BCUT2D eigenvalue weighted by atomic mass is 15.1. The van der Waals surface area contributed by atoms with Crippen molar-refractivity contribution in [1.82, 2.24) is 10.2 Å². The molecule has 2 heteroatoms. The van der Waals surface area contributed by atoms with Gasteiger partial charge in [-0.05, 0) is 57.0 Å². The van der Waals surface area contributed by atoms with Crippen LogP contribution in [0.4, 0.5) is 0 Å².